The summed E-state index contributed by atoms with van der Waals surface area (Å²) in [5.41, 5.74) is 0.884. The maximum atomic E-state index is 11.8. The quantitative estimate of drug-likeness (QED) is 0.834. The summed E-state index contributed by atoms with van der Waals surface area (Å²) in [6, 6.07) is 2.14. The van der Waals surface area contributed by atoms with Crippen molar-refractivity contribution in [3.8, 4) is 0 Å². The van der Waals surface area contributed by atoms with E-state index >= 15 is 0 Å². The normalized spacial score (nSPS) is 16.4. The lowest BCUT2D eigenvalue weighted by molar-refractivity contribution is -0.129. The largest absolute Gasteiger partial charge is 0.448 e. The molecular formula is C12H15NO3S. The van der Waals surface area contributed by atoms with Crippen LogP contribution in [0.15, 0.2) is 11.4 Å². The molecule has 1 aliphatic carbocycles. The SMILES string of the molecule is Cc1ccsc1C(=O)O[C@H](C)C(=O)NC1CC1. The third kappa shape index (κ3) is 3.06. The Hall–Kier alpha value is -1.36. The zero-order chi connectivity index (χ0) is 12.4. The molecule has 0 bridgehead atoms. The molecule has 1 aromatic rings. The number of carbonyl (C=O) groups is 2. The monoisotopic (exact) mass is 253 g/mol. The number of thiophene rings is 1. The fraction of sp³-hybridized carbons (Fsp3) is 0.500. The van der Waals surface area contributed by atoms with Gasteiger partial charge in [-0.2, -0.15) is 0 Å². The third-order valence-corrected chi connectivity index (χ3v) is 3.62. The van der Waals surface area contributed by atoms with Crippen LogP contribution in [0.25, 0.3) is 0 Å². The van der Waals surface area contributed by atoms with Crippen LogP contribution in [0, 0.1) is 6.92 Å². The number of nitrogens with one attached hydrogen (secondary N) is 1. The van der Waals surface area contributed by atoms with Gasteiger partial charge in [0.1, 0.15) is 4.88 Å². The second-order valence-corrected chi connectivity index (χ2v) is 5.18. The minimum absolute atomic E-state index is 0.213. The Morgan fingerprint density at radius 1 is 1.53 bits per heavy atom. The number of rotatable bonds is 4. The van der Waals surface area contributed by atoms with Crippen LogP contribution in [-0.4, -0.2) is 24.0 Å². The molecule has 1 aromatic heterocycles. The lowest BCUT2D eigenvalue weighted by atomic mass is 10.3. The van der Waals surface area contributed by atoms with Crippen molar-refractivity contribution < 1.29 is 14.3 Å². The van der Waals surface area contributed by atoms with Gasteiger partial charge in [0.2, 0.25) is 0 Å². The fourth-order valence-electron chi connectivity index (χ4n) is 1.40. The minimum Gasteiger partial charge on any atom is -0.448 e. The fourth-order valence-corrected chi connectivity index (χ4v) is 2.20. The Morgan fingerprint density at radius 2 is 2.24 bits per heavy atom. The maximum Gasteiger partial charge on any atom is 0.349 e. The number of hydrogen-bond acceptors (Lipinski definition) is 4. The van der Waals surface area contributed by atoms with Gasteiger partial charge in [0.15, 0.2) is 6.10 Å². The molecule has 0 aliphatic heterocycles. The van der Waals surface area contributed by atoms with E-state index in [9.17, 15) is 9.59 Å². The van der Waals surface area contributed by atoms with Gasteiger partial charge in [-0.1, -0.05) is 0 Å². The average molecular weight is 253 g/mol. The number of hydrogen-bond donors (Lipinski definition) is 1. The summed E-state index contributed by atoms with van der Waals surface area (Å²) >= 11 is 1.33. The Balaban J connectivity index is 1.89. The van der Waals surface area contributed by atoms with Gasteiger partial charge in [0, 0.05) is 6.04 Å². The first-order valence-electron chi connectivity index (χ1n) is 5.63. The lowest BCUT2D eigenvalue weighted by Gasteiger charge is -2.12. The van der Waals surface area contributed by atoms with Crippen molar-refractivity contribution in [2.75, 3.05) is 0 Å². The van der Waals surface area contributed by atoms with Crippen LogP contribution in [0.5, 0.6) is 0 Å². The molecule has 0 spiro atoms. The van der Waals surface area contributed by atoms with Crippen LogP contribution in [0.3, 0.4) is 0 Å². The molecule has 1 atom stereocenters. The molecule has 1 fully saturated rings. The van der Waals surface area contributed by atoms with Crippen LogP contribution in [0.2, 0.25) is 0 Å². The van der Waals surface area contributed by atoms with E-state index in [2.05, 4.69) is 5.32 Å². The topological polar surface area (TPSA) is 55.4 Å². The van der Waals surface area contributed by atoms with Gasteiger partial charge in [0.25, 0.3) is 5.91 Å². The zero-order valence-corrected chi connectivity index (χ0v) is 10.7. The zero-order valence-electron chi connectivity index (χ0n) is 9.86. The van der Waals surface area contributed by atoms with Crippen LogP contribution in [0.1, 0.15) is 35.0 Å². The second kappa shape index (κ2) is 4.87. The van der Waals surface area contributed by atoms with E-state index in [0.29, 0.717) is 4.88 Å². The van der Waals surface area contributed by atoms with E-state index in [0.717, 1.165) is 18.4 Å². The highest BCUT2D eigenvalue weighted by atomic mass is 32.1. The summed E-state index contributed by atoms with van der Waals surface area (Å²) < 4.78 is 5.13. The summed E-state index contributed by atoms with van der Waals surface area (Å²) in [6.07, 6.45) is 1.32. The molecule has 0 saturated heterocycles. The Bertz CT molecular complexity index is 437. The van der Waals surface area contributed by atoms with Gasteiger partial charge in [-0.25, -0.2) is 4.79 Å². The predicted octanol–water partition coefficient (Wildman–Crippen LogP) is 1.88. The lowest BCUT2D eigenvalue weighted by Crippen LogP contribution is -2.37. The number of amides is 1. The summed E-state index contributed by atoms with van der Waals surface area (Å²) in [5, 5.41) is 4.64. The van der Waals surface area contributed by atoms with Crippen molar-refractivity contribution in [3.63, 3.8) is 0 Å². The molecule has 1 aliphatic rings. The smallest absolute Gasteiger partial charge is 0.349 e. The van der Waals surface area contributed by atoms with Crippen molar-refractivity contribution in [2.24, 2.45) is 0 Å². The molecule has 0 unspecified atom stereocenters. The van der Waals surface area contributed by atoms with E-state index < -0.39 is 12.1 Å². The summed E-state index contributed by atoms with van der Waals surface area (Å²) in [7, 11) is 0. The Labute approximate surface area is 104 Å². The van der Waals surface area contributed by atoms with E-state index in [4.69, 9.17) is 4.74 Å². The summed E-state index contributed by atoms with van der Waals surface area (Å²) in [5.74, 6) is -0.633. The van der Waals surface area contributed by atoms with Crippen LogP contribution >= 0.6 is 11.3 Å². The Kier molecular flexibility index (Phi) is 3.47. The van der Waals surface area contributed by atoms with Crippen LogP contribution in [-0.2, 0) is 9.53 Å². The maximum absolute atomic E-state index is 11.8. The first kappa shape index (κ1) is 12.1. The first-order chi connectivity index (χ1) is 8.08. The minimum atomic E-state index is -0.732. The number of carbonyl (C=O) groups excluding carboxylic acids is 2. The summed E-state index contributed by atoms with van der Waals surface area (Å²) in [4.78, 5) is 23.9. The number of aryl methyl sites for hydroxylation is 1. The highest BCUT2D eigenvalue weighted by molar-refractivity contribution is 7.12. The average Bonchev–Trinajstić information content (AvgIpc) is 2.98. The molecule has 1 heterocycles. The van der Waals surface area contributed by atoms with Gasteiger partial charge in [-0.3, -0.25) is 4.79 Å². The summed E-state index contributed by atoms with van der Waals surface area (Å²) in [6.45, 7) is 3.45. The molecule has 4 nitrogen and oxygen atoms in total. The molecule has 0 aromatic carbocycles. The highest BCUT2D eigenvalue weighted by Crippen LogP contribution is 2.20. The van der Waals surface area contributed by atoms with E-state index in [1.165, 1.54) is 11.3 Å². The molecule has 0 radical (unpaired) electrons. The molecule has 1 amide bonds. The highest BCUT2D eigenvalue weighted by Gasteiger charge is 2.27. The molecule has 5 heteroatoms. The molecule has 92 valence electrons. The molecular weight excluding hydrogens is 238 g/mol. The Morgan fingerprint density at radius 3 is 2.76 bits per heavy atom. The van der Waals surface area contributed by atoms with Gasteiger partial charge >= 0.3 is 5.97 Å². The van der Waals surface area contributed by atoms with E-state index in [1.54, 1.807) is 6.92 Å². The van der Waals surface area contributed by atoms with Crippen molar-refractivity contribution in [1.82, 2.24) is 5.32 Å². The number of esters is 1. The van der Waals surface area contributed by atoms with E-state index in [-0.39, 0.29) is 11.9 Å². The third-order valence-electron chi connectivity index (χ3n) is 2.62. The standard InChI is InChI=1S/C12H15NO3S/c1-7-5-6-17-10(7)12(15)16-8(2)11(14)13-9-3-4-9/h5-6,8-9H,3-4H2,1-2H3,(H,13,14)/t8-/m1/s1. The van der Waals surface area contributed by atoms with Gasteiger partial charge in [0.05, 0.1) is 0 Å². The van der Waals surface area contributed by atoms with Crippen molar-refractivity contribution in [3.05, 3.63) is 21.9 Å². The second-order valence-electron chi connectivity index (χ2n) is 4.26. The number of ether oxygens (including phenoxy) is 1. The van der Waals surface area contributed by atoms with Crippen molar-refractivity contribution in [1.29, 1.82) is 0 Å². The van der Waals surface area contributed by atoms with Gasteiger partial charge in [-0.05, 0) is 43.7 Å². The van der Waals surface area contributed by atoms with Gasteiger partial charge < -0.3 is 10.1 Å². The molecule has 1 N–H and O–H groups in total. The van der Waals surface area contributed by atoms with Crippen LogP contribution in [0.4, 0.5) is 0 Å². The molecule has 17 heavy (non-hydrogen) atoms. The van der Waals surface area contributed by atoms with Gasteiger partial charge in [-0.15, -0.1) is 11.3 Å². The first-order valence-corrected chi connectivity index (χ1v) is 6.51. The van der Waals surface area contributed by atoms with Crippen molar-refractivity contribution in [2.45, 2.75) is 38.8 Å². The molecule has 1 saturated carbocycles. The van der Waals surface area contributed by atoms with E-state index in [1.807, 2.05) is 18.4 Å². The predicted molar refractivity (Wildman–Crippen MR) is 65.1 cm³/mol. The van der Waals surface area contributed by atoms with Crippen molar-refractivity contribution >= 4 is 23.2 Å². The van der Waals surface area contributed by atoms with Crippen LogP contribution < -0.4 is 5.32 Å². The molecule has 2 rings (SSSR count).